The maximum absolute atomic E-state index is 13.3. The molecule has 0 aromatic rings. The molecule has 1 amide bonds. The van der Waals surface area contributed by atoms with Crippen LogP contribution in [0, 0.1) is 0 Å². The van der Waals surface area contributed by atoms with E-state index in [0.717, 1.165) is 6.41 Å². The molecule has 0 spiro atoms. The highest BCUT2D eigenvalue weighted by Gasteiger charge is 2.85. The van der Waals surface area contributed by atoms with Crippen LogP contribution in [-0.4, -0.2) is 111 Å². The molecule has 236 valence electrons. The molecule has 0 fully saturated rings. The van der Waals surface area contributed by atoms with Gasteiger partial charge in [-0.15, -0.1) is 11.6 Å². The Morgan fingerprint density at radius 1 is 0.744 bits per heavy atom. The van der Waals surface area contributed by atoms with Crippen LogP contribution in [0.3, 0.4) is 0 Å². The summed E-state index contributed by atoms with van der Waals surface area (Å²) in [5.74, 6) is -15.8. The summed E-state index contributed by atoms with van der Waals surface area (Å²) in [4.78, 5) is 10.9. The van der Waals surface area contributed by atoms with E-state index < -0.39 is 68.4 Å². The lowest BCUT2D eigenvalue weighted by molar-refractivity contribution is -0.543. The van der Waals surface area contributed by atoms with E-state index in [4.69, 9.17) is 11.6 Å². The highest BCUT2D eigenvalue weighted by molar-refractivity contribution is 6.17. The average molecular weight is 642 g/mol. The number of hydrogen-bond acceptors (Lipinski definition) is 6. The fourth-order valence-corrected chi connectivity index (χ4v) is 1.67. The fraction of sp³-hybridized carbons (Fsp3) is 0.938. The van der Waals surface area contributed by atoms with Crippen LogP contribution in [-0.2, 0) is 23.7 Å². The third kappa shape index (κ3) is 11.9. The van der Waals surface area contributed by atoms with Crippen LogP contribution in [0.15, 0.2) is 0 Å². The number of halogens is 16. The zero-order chi connectivity index (χ0) is 31.7. The van der Waals surface area contributed by atoms with Crippen LogP contribution >= 0.6 is 11.6 Å². The van der Waals surface area contributed by atoms with E-state index in [2.05, 4.69) is 14.2 Å². The molecule has 0 aliphatic rings. The van der Waals surface area contributed by atoms with Gasteiger partial charge in [0.25, 0.3) is 0 Å². The summed E-state index contributed by atoms with van der Waals surface area (Å²) < 4.78 is 204. The summed E-state index contributed by atoms with van der Waals surface area (Å²) in [7, 11) is 3.38. The first-order valence-corrected chi connectivity index (χ1v) is 9.92. The number of carbonyl (C=O) groups is 1. The third-order valence-electron chi connectivity index (χ3n) is 3.31. The quantitative estimate of drug-likeness (QED) is 0.115. The molecule has 7 nitrogen and oxygen atoms in total. The van der Waals surface area contributed by atoms with Crippen molar-refractivity contribution >= 4 is 18.0 Å². The van der Waals surface area contributed by atoms with Crippen LogP contribution in [0.2, 0.25) is 0 Å². The summed E-state index contributed by atoms with van der Waals surface area (Å²) >= 11 is 5.18. The van der Waals surface area contributed by atoms with Gasteiger partial charge in [-0.2, -0.15) is 65.9 Å². The van der Waals surface area contributed by atoms with Crippen LogP contribution in [0.1, 0.15) is 0 Å². The zero-order valence-electron chi connectivity index (χ0n) is 19.2. The van der Waals surface area contributed by atoms with Gasteiger partial charge in [0, 0.05) is 20.0 Å². The Morgan fingerprint density at radius 2 is 1.15 bits per heavy atom. The predicted molar refractivity (Wildman–Crippen MR) is 96.0 cm³/mol. The minimum atomic E-state index is -7.93. The number of hydrogen-bond donors (Lipinski definition) is 1. The SMILES string of the molecule is CN(C)C=O.O[C@@H](COCCCl)COCC(F)(F)OC(F)(F)C(F)(F)OC(F)(F)C(F)(F)C(F)(F)C(F)(F)F. The van der Waals surface area contributed by atoms with E-state index in [1.165, 1.54) is 9.64 Å². The lowest BCUT2D eigenvalue weighted by atomic mass is 10.1. The van der Waals surface area contributed by atoms with Gasteiger partial charge in [-0.1, -0.05) is 0 Å². The summed E-state index contributed by atoms with van der Waals surface area (Å²) in [5, 5.41) is 9.20. The molecule has 0 saturated heterocycles. The maximum Gasteiger partial charge on any atom is 0.460 e. The standard InChI is InChI=1S/C13H12ClF15O5.C3H7NO/c14-1-2-31-3-6(30)4-32-5-7(15,16)33-12(26,27)13(28,29)34-11(24,25)9(19,20)8(17,18)10(21,22)23;1-4(2)3-5/h6,30H,1-5H2;3H,1-2H3/t6-;/m0./s1. The Kier molecular flexibility index (Phi) is 14.7. The molecule has 0 bridgehead atoms. The number of aliphatic hydroxyl groups excluding tert-OH is 1. The molecule has 0 aromatic carbocycles. The molecular formula is C16H19ClF15NO6. The van der Waals surface area contributed by atoms with Gasteiger partial charge in [-0.3, -0.25) is 4.79 Å². The van der Waals surface area contributed by atoms with Crippen molar-refractivity contribution in [2.24, 2.45) is 0 Å². The number of carbonyl (C=O) groups excluding carboxylic acids is 1. The summed E-state index contributed by atoms with van der Waals surface area (Å²) in [6.45, 7) is -4.30. The minimum absolute atomic E-state index is 0.0658. The Hall–Kier alpha value is -1.49. The average Bonchev–Trinajstić information content (AvgIpc) is 2.71. The molecule has 1 N–H and O–H groups in total. The number of aliphatic hydroxyl groups is 1. The van der Waals surface area contributed by atoms with Gasteiger partial charge in [-0.05, 0) is 0 Å². The van der Waals surface area contributed by atoms with Crippen LogP contribution < -0.4 is 0 Å². The van der Waals surface area contributed by atoms with Crippen molar-refractivity contribution in [1.82, 2.24) is 4.90 Å². The first-order valence-electron chi connectivity index (χ1n) is 9.39. The molecule has 1 atom stereocenters. The van der Waals surface area contributed by atoms with Crippen molar-refractivity contribution in [3.8, 4) is 0 Å². The van der Waals surface area contributed by atoms with E-state index in [0.29, 0.717) is 0 Å². The molecular weight excluding hydrogens is 623 g/mol. The second-order valence-electron chi connectivity index (χ2n) is 7.04. The number of nitrogens with zero attached hydrogens (tertiary/aromatic N) is 1. The van der Waals surface area contributed by atoms with Gasteiger partial charge in [0.1, 0.15) is 12.7 Å². The van der Waals surface area contributed by atoms with E-state index in [1.807, 2.05) is 0 Å². The van der Waals surface area contributed by atoms with Crippen molar-refractivity contribution in [3.05, 3.63) is 0 Å². The second kappa shape index (κ2) is 14.4. The molecule has 23 heteroatoms. The number of rotatable bonds is 16. The molecule has 0 saturated carbocycles. The normalized spacial score (nSPS) is 14.9. The van der Waals surface area contributed by atoms with Gasteiger partial charge < -0.3 is 19.5 Å². The topological polar surface area (TPSA) is 77.5 Å². The Labute approximate surface area is 213 Å². The van der Waals surface area contributed by atoms with Gasteiger partial charge in [-0.25, -0.2) is 9.47 Å². The van der Waals surface area contributed by atoms with Crippen molar-refractivity contribution in [3.63, 3.8) is 0 Å². The van der Waals surface area contributed by atoms with Crippen molar-refractivity contribution in [1.29, 1.82) is 0 Å². The first-order chi connectivity index (χ1) is 17.1. The molecule has 0 unspecified atom stereocenters. The largest absolute Gasteiger partial charge is 0.460 e. The second-order valence-corrected chi connectivity index (χ2v) is 7.42. The molecule has 0 heterocycles. The van der Waals surface area contributed by atoms with Gasteiger partial charge in [0.05, 0.1) is 19.8 Å². The molecule has 0 aliphatic carbocycles. The van der Waals surface area contributed by atoms with Gasteiger partial charge in [0.2, 0.25) is 6.41 Å². The van der Waals surface area contributed by atoms with Crippen molar-refractivity contribution < 1.29 is 94.7 Å². The van der Waals surface area contributed by atoms with Crippen LogP contribution in [0.5, 0.6) is 0 Å². The van der Waals surface area contributed by atoms with Crippen molar-refractivity contribution in [2.75, 3.05) is 46.4 Å². The Bertz CT molecular complexity index is 739. The fourth-order valence-electron chi connectivity index (χ4n) is 1.56. The zero-order valence-corrected chi connectivity index (χ0v) is 19.9. The van der Waals surface area contributed by atoms with Crippen LogP contribution in [0.4, 0.5) is 65.9 Å². The lowest BCUT2D eigenvalue weighted by Gasteiger charge is -2.36. The maximum atomic E-state index is 13.3. The molecule has 0 aliphatic heterocycles. The number of amides is 1. The third-order valence-corrected chi connectivity index (χ3v) is 3.47. The van der Waals surface area contributed by atoms with Crippen LogP contribution in [0.25, 0.3) is 0 Å². The molecule has 0 rings (SSSR count). The molecule has 0 aromatic heterocycles. The van der Waals surface area contributed by atoms with E-state index in [-0.39, 0.29) is 12.5 Å². The summed E-state index contributed by atoms with van der Waals surface area (Å²) in [5.41, 5.74) is 0. The number of alkyl halides is 16. The lowest BCUT2D eigenvalue weighted by Crippen LogP contribution is -2.64. The van der Waals surface area contributed by atoms with E-state index in [1.54, 1.807) is 14.1 Å². The molecule has 39 heavy (non-hydrogen) atoms. The summed E-state index contributed by atoms with van der Waals surface area (Å²) in [6.07, 6.45) is -36.1. The smallest absolute Gasteiger partial charge is 0.388 e. The van der Waals surface area contributed by atoms with E-state index in [9.17, 15) is 75.8 Å². The van der Waals surface area contributed by atoms with Gasteiger partial charge in [0.15, 0.2) is 0 Å². The number of ether oxygens (including phenoxy) is 4. The highest BCUT2D eigenvalue weighted by Crippen LogP contribution is 2.55. The molecule has 0 radical (unpaired) electrons. The Morgan fingerprint density at radius 3 is 1.54 bits per heavy atom. The monoisotopic (exact) mass is 641 g/mol. The predicted octanol–water partition coefficient (Wildman–Crippen LogP) is 4.56. The highest BCUT2D eigenvalue weighted by atomic mass is 35.5. The first kappa shape index (κ1) is 39.7. The Balaban J connectivity index is 0. The minimum Gasteiger partial charge on any atom is -0.388 e. The van der Waals surface area contributed by atoms with E-state index >= 15 is 0 Å². The van der Waals surface area contributed by atoms with Gasteiger partial charge >= 0.3 is 42.5 Å². The summed E-state index contributed by atoms with van der Waals surface area (Å²) in [6, 6.07) is 0. The van der Waals surface area contributed by atoms with Crippen molar-refractivity contribution in [2.45, 2.75) is 48.6 Å².